The van der Waals surface area contributed by atoms with Crippen LogP contribution < -0.4 is 5.56 Å². The third-order valence-electron chi connectivity index (χ3n) is 3.12. The van der Waals surface area contributed by atoms with Crippen LogP contribution >= 0.6 is 0 Å². The summed E-state index contributed by atoms with van der Waals surface area (Å²) in [6.07, 6.45) is 0. The molecule has 1 heterocycles. The number of carbonyl (C=O) groups is 1. The molecule has 0 amide bonds. The minimum atomic E-state index is -0.773. The van der Waals surface area contributed by atoms with Crippen LogP contribution in [-0.4, -0.2) is 22.1 Å². The van der Waals surface area contributed by atoms with Gasteiger partial charge in [-0.2, -0.15) is 0 Å². The van der Waals surface area contributed by atoms with Gasteiger partial charge >= 0.3 is 5.97 Å². The van der Waals surface area contributed by atoms with Crippen molar-refractivity contribution in [2.75, 3.05) is 6.61 Å². The Morgan fingerprint density at radius 3 is 2.67 bits per heavy atom. The maximum Gasteiger partial charge on any atom is 0.343 e. The molecule has 1 aromatic carbocycles. The first-order chi connectivity index (χ1) is 10.0. The zero-order chi connectivity index (χ0) is 15.6. The molecule has 0 N–H and O–H groups in total. The molecule has 0 aliphatic heterocycles. The Morgan fingerprint density at radius 1 is 1.38 bits per heavy atom. The van der Waals surface area contributed by atoms with Crippen LogP contribution in [0.15, 0.2) is 29.1 Å². The highest BCUT2D eigenvalue weighted by Gasteiger charge is 2.20. The number of hydrogen-bond donors (Lipinski definition) is 0. The van der Waals surface area contributed by atoms with Crippen molar-refractivity contribution in [2.24, 2.45) is 0 Å². The Hall–Kier alpha value is -2.70. The molecule has 7 heteroatoms. The van der Waals surface area contributed by atoms with Gasteiger partial charge in [0.05, 0.1) is 22.4 Å². The maximum atomic E-state index is 12.3. The van der Waals surface area contributed by atoms with Crippen molar-refractivity contribution in [1.29, 1.82) is 0 Å². The Bertz CT molecular complexity index is 779. The van der Waals surface area contributed by atoms with E-state index in [4.69, 9.17) is 4.74 Å². The van der Waals surface area contributed by atoms with E-state index in [1.807, 2.05) is 0 Å². The van der Waals surface area contributed by atoms with Gasteiger partial charge in [-0.3, -0.25) is 14.9 Å². The standard InChI is InChI=1S/C14H14N2O5/c1-3-15-11-6-5-7-12(16(19)20)9(11)8-10(13(15)17)14(18)21-4-2/h5-8H,3-4H2,1-2H3. The number of esters is 1. The summed E-state index contributed by atoms with van der Waals surface area (Å²) >= 11 is 0. The molecule has 1 aromatic heterocycles. The number of rotatable bonds is 4. The van der Waals surface area contributed by atoms with Crippen LogP contribution in [0.1, 0.15) is 24.2 Å². The number of nitro groups is 1. The van der Waals surface area contributed by atoms with E-state index >= 15 is 0 Å². The Labute approximate surface area is 119 Å². The summed E-state index contributed by atoms with van der Waals surface area (Å²) in [6.45, 7) is 3.78. The van der Waals surface area contributed by atoms with Crippen molar-refractivity contribution in [3.8, 4) is 0 Å². The molecular formula is C14H14N2O5. The van der Waals surface area contributed by atoms with Crippen molar-refractivity contribution in [1.82, 2.24) is 4.57 Å². The molecule has 2 aromatic rings. The number of aromatic nitrogens is 1. The monoisotopic (exact) mass is 290 g/mol. The summed E-state index contributed by atoms with van der Waals surface area (Å²) in [6, 6.07) is 5.69. The van der Waals surface area contributed by atoms with Crippen molar-refractivity contribution in [3.63, 3.8) is 0 Å². The highest BCUT2D eigenvalue weighted by Crippen LogP contribution is 2.25. The predicted molar refractivity (Wildman–Crippen MR) is 76.5 cm³/mol. The SMILES string of the molecule is CCOC(=O)c1cc2c([N+](=O)[O-])cccc2n(CC)c1=O. The van der Waals surface area contributed by atoms with Gasteiger partial charge in [-0.25, -0.2) is 4.79 Å². The first-order valence-corrected chi connectivity index (χ1v) is 6.49. The lowest BCUT2D eigenvalue weighted by Crippen LogP contribution is -2.27. The van der Waals surface area contributed by atoms with Gasteiger partial charge in [0.25, 0.3) is 11.2 Å². The van der Waals surface area contributed by atoms with E-state index in [9.17, 15) is 19.7 Å². The molecule has 0 aliphatic rings. The average Bonchev–Trinajstić information content (AvgIpc) is 2.46. The molecule has 0 bridgehead atoms. The highest BCUT2D eigenvalue weighted by molar-refractivity contribution is 5.96. The van der Waals surface area contributed by atoms with E-state index < -0.39 is 16.5 Å². The van der Waals surface area contributed by atoms with Crippen LogP contribution in [0.5, 0.6) is 0 Å². The average molecular weight is 290 g/mol. The van der Waals surface area contributed by atoms with E-state index in [1.54, 1.807) is 19.9 Å². The van der Waals surface area contributed by atoms with E-state index in [0.717, 1.165) is 0 Å². The van der Waals surface area contributed by atoms with E-state index in [1.165, 1.54) is 22.8 Å². The fourth-order valence-electron chi connectivity index (χ4n) is 2.21. The smallest absolute Gasteiger partial charge is 0.343 e. The van der Waals surface area contributed by atoms with Crippen molar-refractivity contribution < 1.29 is 14.5 Å². The van der Waals surface area contributed by atoms with Crippen molar-refractivity contribution in [2.45, 2.75) is 20.4 Å². The lowest BCUT2D eigenvalue weighted by atomic mass is 10.1. The number of fused-ring (bicyclic) bond motifs is 1. The molecular weight excluding hydrogens is 276 g/mol. The molecule has 0 unspecified atom stereocenters. The van der Waals surface area contributed by atoms with Gasteiger partial charge in [-0.05, 0) is 26.0 Å². The van der Waals surface area contributed by atoms with Gasteiger partial charge < -0.3 is 9.30 Å². The number of nitrogens with zero attached hydrogens (tertiary/aromatic N) is 2. The summed E-state index contributed by atoms with van der Waals surface area (Å²) in [5, 5.41) is 11.4. The summed E-state index contributed by atoms with van der Waals surface area (Å²) in [5.41, 5.74) is -0.436. The lowest BCUT2D eigenvalue weighted by molar-refractivity contribution is -0.383. The van der Waals surface area contributed by atoms with Crippen molar-refractivity contribution in [3.05, 3.63) is 50.3 Å². The first-order valence-electron chi connectivity index (χ1n) is 6.49. The fourth-order valence-corrected chi connectivity index (χ4v) is 2.21. The molecule has 0 aliphatic carbocycles. The van der Waals surface area contributed by atoms with Crippen molar-refractivity contribution >= 4 is 22.6 Å². The molecule has 7 nitrogen and oxygen atoms in total. The number of non-ortho nitro benzene ring substituents is 1. The van der Waals surface area contributed by atoms with Crippen LogP contribution in [0, 0.1) is 10.1 Å². The third-order valence-corrected chi connectivity index (χ3v) is 3.12. The van der Waals surface area contributed by atoms with Crippen LogP contribution in [0.25, 0.3) is 10.9 Å². The zero-order valence-corrected chi connectivity index (χ0v) is 11.7. The molecule has 0 saturated carbocycles. The molecule has 0 fully saturated rings. The summed E-state index contributed by atoms with van der Waals surface area (Å²) in [7, 11) is 0. The minimum Gasteiger partial charge on any atom is -0.462 e. The Morgan fingerprint density at radius 2 is 2.10 bits per heavy atom. The number of hydrogen-bond acceptors (Lipinski definition) is 5. The molecule has 0 spiro atoms. The van der Waals surface area contributed by atoms with Gasteiger partial charge in [0.2, 0.25) is 0 Å². The van der Waals surface area contributed by atoms with Crippen LogP contribution in [0.2, 0.25) is 0 Å². The molecule has 2 rings (SSSR count). The first kappa shape index (κ1) is 14.7. The van der Waals surface area contributed by atoms with Gasteiger partial charge in [-0.15, -0.1) is 0 Å². The fraction of sp³-hybridized carbons (Fsp3) is 0.286. The Kier molecular flexibility index (Phi) is 4.02. The number of nitro benzene ring substituents is 1. The number of pyridine rings is 1. The number of benzene rings is 1. The molecule has 110 valence electrons. The van der Waals surface area contributed by atoms with Crippen LogP contribution in [-0.2, 0) is 11.3 Å². The second-order valence-corrected chi connectivity index (χ2v) is 4.29. The van der Waals surface area contributed by atoms with E-state index in [0.29, 0.717) is 12.1 Å². The predicted octanol–water partition coefficient (Wildman–Crippen LogP) is 2.11. The van der Waals surface area contributed by atoms with E-state index in [-0.39, 0.29) is 23.2 Å². The molecule has 21 heavy (non-hydrogen) atoms. The Balaban J connectivity index is 2.87. The topological polar surface area (TPSA) is 91.4 Å². The number of ether oxygens (including phenoxy) is 1. The van der Waals surface area contributed by atoms with Gasteiger partial charge in [0, 0.05) is 12.6 Å². The van der Waals surface area contributed by atoms with Gasteiger partial charge in [-0.1, -0.05) is 6.07 Å². The normalized spacial score (nSPS) is 10.6. The maximum absolute atomic E-state index is 12.3. The minimum absolute atomic E-state index is 0.124. The number of carbonyl (C=O) groups excluding carboxylic acids is 1. The van der Waals surface area contributed by atoms with Gasteiger partial charge in [0.15, 0.2) is 0 Å². The number of aryl methyl sites for hydroxylation is 1. The highest BCUT2D eigenvalue weighted by atomic mass is 16.6. The van der Waals surface area contributed by atoms with Gasteiger partial charge in [0.1, 0.15) is 5.56 Å². The van der Waals surface area contributed by atoms with Crippen LogP contribution in [0.3, 0.4) is 0 Å². The quantitative estimate of drug-likeness (QED) is 0.488. The summed E-state index contributed by atoms with van der Waals surface area (Å²) in [4.78, 5) is 34.7. The largest absolute Gasteiger partial charge is 0.462 e. The molecule has 0 saturated heterocycles. The van der Waals surface area contributed by atoms with E-state index in [2.05, 4.69) is 0 Å². The zero-order valence-electron chi connectivity index (χ0n) is 11.7. The lowest BCUT2D eigenvalue weighted by Gasteiger charge is -2.10. The second-order valence-electron chi connectivity index (χ2n) is 4.29. The van der Waals surface area contributed by atoms with Crippen LogP contribution in [0.4, 0.5) is 5.69 Å². The molecule has 0 atom stereocenters. The summed E-state index contributed by atoms with van der Waals surface area (Å²) in [5.74, 6) is -0.773. The summed E-state index contributed by atoms with van der Waals surface area (Å²) < 4.78 is 6.16. The molecule has 0 radical (unpaired) electrons. The third kappa shape index (κ3) is 2.49. The second kappa shape index (κ2) is 5.74.